The summed E-state index contributed by atoms with van der Waals surface area (Å²) in [5.41, 5.74) is 4.41. The van der Waals surface area contributed by atoms with E-state index in [1.54, 1.807) is 0 Å². The zero-order valence-corrected chi connectivity index (χ0v) is 10.8. The minimum Gasteiger partial charge on any atom is -0.329 e. The van der Waals surface area contributed by atoms with Crippen LogP contribution in [0.1, 0.15) is 31.0 Å². The Bertz CT molecular complexity index is 583. The molecule has 10 heteroatoms. The van der Waals surface area contributed by atoms with Gasteiger partial charge < -0.3 is 10.3 Å². The third kappa shape index (κ3) is 2.46. The molecule has 0 spiro atoms. The number of nitrogens with zero attached hydrogens (tertiary/aromatic N) is 2. The molecule has 1 heterocycles. The lowest BCUT2D eigenvalue weighted by Crippen LogP contribution is -2.48. The van der Waals surface area contributed by atoms with Gasteiger partial charge in [-0.2, -0.15) is 18.2 Å². The molecule has 0 saturated heterocycles. The molecule has 0 aromatic carbocycles. The molecule has 2 unspecified atom stereocenters. The van der Waals surface area contributed by atoms with Crippen LogP contribution in [0.25, 0.3) is 0 Å². The number of alkyl halides is 3. The Balaban J connectivity index is 2.42. The number of nitrogens with two attached hydrogens (primary N) is 1. The van der Waals surface area contributed by atoms with Crippen molar-refractivity contribution >= 4 is 9.84 Å². The van der Waals surface area contributed by atoms with Crippen LogP contribution >= 0.6 is 0 Å². The molecule has 1 aromatic heterocycles. The van der Waals surface area contributed by atoms with Gasteiger partial charge >= 0.3 is 12.1 Å². The summed E-state index contributed by atoms with van der Waals surface area (Å²) in [5.74, 6) is -1.93. The van der Waals surface area contributed by atoms with Crippen molar-refractivity contribution in [2.45, 2.75) is 36.2 Å². The standard InChI is InChI=1S/C9H12F3N3O3S/c1-19(16,17)5-3-2-4-8(5,13)6-14-7(18-15-6)9(10,11)12/h5H,2-4,13H2,1H3. The quantitative estimate of drug-likeness (QED) is 0.868. The van der Waals surface area contributed by atoms with Crippen molar-refractivity contribution in [3.05, 3.63) is 11.7 Å². The molecule has 108 valence electrons. The van der Waals surface area contributed by atoms with Crippen molar-refractivity contribution in [3.8, 4) is 0 Å². The molecule has 1 aliphatic rings. The molecule has 0 radical (unpaired) electrons. The summed E-state index contributed by atoms with van der Waals surface area (Å²) in [4.78, 5) is 3.21. The maximum atomic E-state index is 12.4. The Morgan fingerprint density at radius 3 is 2.58 bits per heavy atom. The van der Waals surface area contributed by atoms with Crippen molar-refractivity contribution in [2.24, 2.45) is 5.73 Å². The van der Waals surface area contributed by atoms with Gasteiger partial charge in [0.1, 0.15) is 0 Å². The van der Waals surface area contributed by atoms with Crippen LogP contribution in [0.4, 0.5) is 13.2 Å². The molecule has 0 bridgehead atoms. The molecule has 19 heavy (non-hydrogen) atoms. The normalized spacial score (nSPS) is 28.8. The predicted molar refractivity (Wildman–Crippen MR) is 57.6 cm³/mol. The highest BCUT2D eigenvalue weighted by Crippen LogP contribution is 2.40. The van der Waals surface area contributed by atoms with Gasteiger partial charge in [-0.25, -0.2) is 8.42 Å². The highest BCUT2D eigenvalue weighted by molar-refractivity contribution is 7.91. The van der Waals surface area contributed by atoms with Crippen LogP contribution in [0.3, 0.4) is 0 Å². The van der Waals surface area contributed by atoms with Crippen molar-refractivity contribution in [3.63, 3.8) is 0 Å². The van der Waals surface area contributed by atoms with E-state index in [1.807, 2.05) is 0 Å². The molecule has 2 atom stereocenters. The number of hydrogen-bond donors (Lipinski definition) is 1. The fourth-order valence-corrected chi connectivity index (χ4v) is 3.96. The fourth-order valence-electron chi connectivity index (χ4n) is 2.38. The Hall–Kier alpha value is -1.16. The minimum atomic E-state index is -4.78. The van der Waals surface area contributed by atoms with E-state index in [1.165, 1.54) is 0 Å². The number of sulfone groups is 1. The molecule has 0 amide bonds. The molecule has 1 aliphatic carbocycles. The number of rotatable bonds is 2. The van der Waals surface area contributed by atoms with E-state index < -0.39 is 38.5 Å². The summed E-state index contributed by atoms with van der Waals surface area (Å²) in [6.07, 6.45) is -2.84. The largest absolute Gasteiger partial charge is 0.471 e. The van der Waals surface area contributed by atoms with Gasteiger partial charge in [0, 0.05) is 6.26 Å². The topological polar surface area (TPSA) is 99.1 Å². The van der Waals surface area contributed by atoms with Crippen LogP contribution in [-0.2, 0) is 21.6 Å². The maximum Gasteiger partial charge on any atom is 0.471 e. The van der Waals surface area contributed by atoms with Crippen molar-refractivity contribution < 1.29 is 26.1 Å². The molecular weight excluding hydrogens is 287 g/mol. The monoisotopic (exact) mass is 299 g/mol. The molecule has 2 rings (SSSR count). The van der Waals surface area contributed by atoms with E-state index >= 15 is 0 Å². The summed E-state index contributed by atoms with van der Waals surface area (Å²) in [6.45, 7) is 0. The first-order chi connectivity index (χ1) is 8.55. The summed E-state index contributed by atoms with van der Waals surface area (Å²) in [5, 5.41) is 2.20. The Morgan fingerprint density at radius 1 is 1.47 bits per heavy atom. The zero-order valence-electron chi connectivity index (χ0n) is 9.94. The Labute approximate surface area is 107 Å². The van der Waals surface area contributed by atoms with Gasteiger partial charge in [-0.05, 0) is 19.3 Å². The molecule has 6 nitrogen and oxygen atoms in total. The van der Waals surface area contributed by atoms with E-state index in [0.29, 0.717) is 6.42 Å². The van der Waals surface area contributed by atoms with Crippen LogP contribution in [0.15, 0.2) is 4.52 Å². The lowest BCUT2D eigenvalue weighted by molar-refractivity contribution is -0.159. The SMILES string of the molecule is CS(=O)(=O)C1CCCC1(N)c1noc(C(F)(F)F)n1. The second-order valence-electron chi connectivity index (χ2n) is 4.67. The van der Waals surface area contributed by atoms with Gasteiger partial charge in [0.05, 0.1) is 10.8 Å². The Kier molecular flexibility index (Phi) is 3.13. The van der Waals surface area contributed by atoms with Gasteiger partial charge in [-0.1, -0.05) is 5.16 Å². The second kappa shape index (κ2) is 4.17. The van der Waals surface area contributed by atoms with Crippen LogP contribution in [0.5, 0.6) is 0 Å². The summed E-state index contributed by atoms with van der Waals surface area (Å²) >= 11 is 0. The molecule has 1 saturated carbocycles. The van der Waals surface area contributed by atoms with E-state index in [-0.39, 0.29) is 12.8 Å². The van der Waals surface area contributed by atoms with Gasteiger partial charge in [0.15, 0.2) is 15.7 Å². The zero-order chi connectivity index (χ0) is 14.5. The van der Waals surface area contributed by atoms with Crippen LogP contribution in [0, 0.1) is 0 Å². The van der Waals surface area contributed by atoms with Gasteiger partial charge in [-0.3, -0.25) is 0 Å². The summed E-state index contributed by atoms with van der Waals surface area (Å²) in [7, 11) is -3.51. The number of aromatic nitrogens is 2. The third-order valence-electron chi connectivity index (χ3n) is 3.23. The lowest BCUT2D eigenvalue weighted by Gasteiger charge is -2.26. The van der Waals surface area contributed by atoms with Crippen LogP contribution in [0.2, 0.25) is 0 Å². The first-order valence-corrected chi connectivity index (χ1v) is 7.40. The van der Waals surface area contributed by atoms with E-state index in [4.69, 9.17) is 5.73 Å². The second-order valence-corrected chi connectivity index (χ2v) is 6.90. The van der Waals surface area contributed by atoms with Gasteiger partial charge in [0.25, 0.3) is 0 Å². The highest BCUT2D eigenvalue weighted by Gasteiger charge is 2.51. The summed E-state index contributed by atoms with van der Waals surface area (Å²) < 4.78 is 64.5. The Morgan fingerprint density at radius 2 is 2.11 bits per heavy atom. The first-order valence-electron chi connectivity index (χ1n) is 5.44. The van der Waals surface area contributed by atoms with Gasteiger partial charge in [0.2, 0.25) is 0 Å². The molecular formula is C9H12F3N3O3S. The summed E-state index contributed by atoms with van der Waals surface area (Å²) in [6, 6.07) is 0. The van der Waals surface area contributed by atoms with E-state index in [2.05, 4.69) is 14.7 Å². The molecule has 1 aromatic rings. The predicted octanol–water partition coefficient (Wildman–Crippen LogP) is 0.839. The smallest absolute Gasteiger partial charge is 0.329 e. The lowest BCUT2D eigenvalue weighted by atomic mass is 9.98. The number of hydrogen-bond acceptors (Lipinski definition) is 6. The molecule has 2 N–H and O–H groups in total. The van der Waals surface area contributed by atoms with Crippen molar-refractivity contribution in [1.82, 2.24) is 10.1 Å². The van der Waals surface area contributed by atoms with Crippen LogP contribution < -0.4 is 5.73 Å². The first kappa shape index (κ1) is 14.3. The van der Waals surface area contributed by atoms with E-state index in [9.17, 15) is 21.6 Å². The highest BCUT2D eigenvalue weighted by atomic mass is 32.2. The third-order valence-corrected chi connectivity index (χ3v) is 4.92. The van der Waals surface area contributed by atoms with Crippen molar-refractivity contribution in [2.75, 3.05) is 6.26 Å². The molecule has 1 fully saturated rings. The number of halogens is 3. The minimum absolute atomic E-state index is 0.196. The van der Waals surface area contributed by atoms with Gasteiger partial charge in [-0.15, -0.1) is 0 Å². The van der Waals surface area contributed by atoms with E-state index in [0.717, 1.165) is 6.26 Å². The average molecular weight is 299 g/mol. The fraction of sp³-hybridized carbons (Fsp3) is 0.778. The van der Waals surface area contributed by atoms with Crippen molar-refractivity contribution in [1.29, 1.82) is 0 Å². The molecule has 0 aliphatic heterocycles. The average Bonchev–Trinajstić information content (AvgIpc) is 2.80. The van der Waals surface area contributed by atoms with Crippen LogP contribution in [-0.4, -0.2) is 30.1 Å². The maximum absolute atomic E-state index is 12.4.